The predicted octanol–water partition coefficient (Wildman–Crippen LogP) is 8.03. The van der Waals surface area contributed by atoms with Gasteiger partial charge in [0.2, 0.25) is 5.91 Å². The van der Waals surface area contributed by atoms with Crippen molar-refractivity contribution >= 4 is 51.9 Å². The number of amides is 1. The van der Waals surface area contributed by atoms with E-state index in [1.165, 1.54) is 12.1 Å². The van der Waals surface area contributed by atoms with Crippen molar-refractivity contribution in [2.24, 2.45) is 31.6 Å². The Balaban J connectivity index is 1.31. The van der Waals surface area contributed by atoms with Crippen molar-refractivity contribution in [1.29, 1.82) is 0 Å². The average molecular weight is 574 g/mol. The van der Waals surface area contributed by atoms with E-state index in [0.29, 0.717) is 36.3 Å². The van der Waals surface area contributed by atoms with E-state index in [2.05, 4.69) is 20.7 Å². The van der Waals surface area contributed by atoms with Crippen LogP contribution in [0.1, 0.15) is 50.4 Å². The van der Waals surface area contributed by atoms with Crippen LogP contribution in [0, 0.1) is 26.4 Å². The minimum Gasteiger partial charge on any atom is -0.326 e. The van der Waals surface area contributed by atoms with Gasteiger partial charge in [-0.1, -0.05) is 55.7 Å². The molecule has 0 heterocycles. The number of hydrogen-bond donors (Lipinski definition) is 1. The number of azo groups is 1. The van der Waals surface area contributed by atoms with Gasteiger partial charge in [0.15, 0.2) is 0 Å². The second-order valence-corrected chi connectivity index (χ2v) is 11.5. The molecule has 5 rings (SSSR count). The molecule has 2 saturated carbocycles. The van der Waals surface area contributed by atoms with E-state index >= 15 is 0 Å². The van der Waals surface area contributed by atoms with Gasteiger partial charge in [0.1, 0.15) is 5.02 Å². The number of nitro benzene ring substituents is 1. The van der Waals surface area contributed by atoms with Crippen LogP contribution in [-0.4, -0.2) is 22.5 Å². The zero-order chi connectivity index (χ0) is 29.4. The highest BCUT2D eigenvalue weighted by Crippen LogP contribution is 2.71. The number of anilines is 1. The predicted molar refractivity (Wildman–Crippen MR) is 155 cm³/mol. The van der Waals surface area contributed by atoms with Crippen molar-refractivity contribution < 1.29 is 19.3 Å². The first-order valence-electron chi connectivity index (χ1n) is 13.1. The van der Waals surface area contributed by atoms with Crippen molar-refractivity contribution in [1.82, 2.24) is 0 Å². The largest absolute Gasteiger partial charge is 0.365 e. The summed E-state index contributed by atoms with van der Waals surface area (Å²) in [6.07, 6.45) is 1.66. The van der Waals surface area contributed by atoms with Crippen molar-refractivity contribution in [2.75, 3.05) is 5.32 Å². The number of halogens is 1. The van der Waals surface area contributed by atoms with Gasteiger partial charge in [-0.3, -0.25) is 14.9 Å². The Kier molecular flexibility index (Phi) is 7.21. The summed E-state index contributed by atoms with van der Waals surface area (Å²) >= 11 is 5.85. The summed E-state index contributed by atoms with van der Waals surface area (Å²) < 4.78 is 0. The van der Waals surface area contributed by atoms with Crippen molar-refractivity contribution in [2.45, 2.75) is 40.0 Å². The molecule has 11 heteroatoms. The van der Waals surface area contributed by atoms with Crippen LogP contribution >= 0.6 is 11.6 Å². The number of benzene rings is 3. The Morgan fingerprint density at radius 2 is 1.61 bits per heavy atom. The first-order chi connectivity index (χ1) is 19.5. The first kappa shape index (κ1) is 28.1. The molecule has 1 amide bonds. The molecule has 0 radical (unpaired) electrons. The standard InChI is InChI=1S/C30H28ClN5O5/c1-28(2)29(3)15-16-30(28,18-25(29)35-41-26(37)19-9-14-23(31)24(17-19)36(39)40)27(38)32-20-10-12-22(13-11-20)34-33-21-7-5-4-6-8-21/h4-14,17H,15-16,18H2,1-3H3,(H,32,38). The van der Waals surface area contributed by atoms with Gasteiger partial charge in [-0.2, -0.15) is 10.2 Å². The van der Waals surface area contributed by atoms with Crippen LogP contribution in [-0.2, 0) is 9.63 Å². The number of oxime groups is 1. The Bertz CT molecular complexity index is 1590. The summed E-state index contributed by atoms with van der Waals surface area (Å²) in [5.41, 5.74) is 0.456. The lowest BCUT2D eigenvalue weighted by Crippen LogP contribution is -2.43. The van der Waals surface area contributed by atoms with E-state index in [-0.39, 0.29) is 16.5 Å². The number of carbonyl (C=O) groups is 2. The SMILES string of the molecule is CC12CCC(C(=O)Nc3ccc(N=Nc4ccccc4)cc3)(CC1=NOC(=O)c1ccc(Cl)c([N+](=O)[O-])c1)C2(C)C. The Morgan fingerprint density at radius 1 is 0.951 bits per heavy atom. The number of carbonyl (C=O) groups excluding carboxylic acids is 2. The summed E-state index contributed by atoms with van der Waals surface area (Å²) in [4.78, 5) is 42.2. The summed E-state index contributed by atoms with van der Waals surface area (Å²) in [5.74, 6) is -0.973. The maximum atomic E-state index is 13.8. The lowest BCUT2D eigenvalue weighted by atomic mass is 9.64. The highest BCUT2D eigenvalue weighted by Gasteiger charge is 2.71. The minimum absolute atomic E-state index is 0.0442. The third-order valence-electron chi connectivity index (χ3n) is 8.95. The van der Waals surface area contributed by atoms with Gasteiger partial charge >= 0.3 is 5.97 Å². The number of nitrogens with one attached hydrogen (secondary N) is 1. The Morgan fingerprint density at radius 3 is 2.27 bits per heavy atom. The second kappa shape index (κ2) is 10.5. The molecule has 0 aliphatic heterocycles. The van der Waals surface area contributed by atoms with Crippen molar-refractivity contribution in [3.05, 3.63) is 93.5 Å². The summed E-state index contributed by atoms with van der Waals surface area (Å²) in [5, 5.41) is 26.8. The smallest absolute Gasteiger partial charge is 0.326 e. The fourth-order valence-electron chi connectivity index (χ4n) is 5.92. The molecule has 10 nitrogen and oxygen atoms in total. The maximum Gasteiger partial charge on any atom is 0.365 e. The number of fused-ring (bicyclic) bond motifs is 2. The van der Waals surface area contributed by atoms with Crippen LogP contribution in [0.4, 0.5) is 22.7 Å². The van der Waals surface area contributed by atoms with E-state index in [1.807, 2.05) is 51.1 Å². The topological polar surface area (TPSA) is 136 Å². The number of nitro groups is 1. The third-order valence-corrected chi connectivity index (χ3v) is 9.27. The normalized spacial score (nSPS) is 23.6. The summed E-state index contributed by atoms with van der Waals surface area (Å²) in [6.45, 7) is 6.11. The van der Waals surface area contributed by atoms with Gasteiger partial charge < -0.3 is 10.2 Å². The van der Waals surface area contributed by atoms with Gasteiger partial charge in [-0.25, -0.2) is 4.79 Å². The third kappa shape index (κ3) is 4.88. The highest BCUT2D eigenvalue weighted by atomic mass is 35.5. The molecule has 3 aromatic carbocycles. The Labute approximate surface area is 241 Å². The zero-order valence-electron chi connectivity index (χ0n) is 22.8. The fraction of sp³-hybridized carbons (Fsp3) is 0.300. The van der Waals surface area contributed by atoms with E-state index in [9.17, 15) is 19.7 Å². The van der Waals surface area contributed by atoms with Crippen LogP contribution in [0.2, 0.25) is 5.02 Å². The molecule has 2 bridgehead atoms. The fourth-order valence-corrected chi connectivity index (χ4v) is 6.11. The van der Waals surface area contributed by atoms with Crippen molar-refractivity contribution in [3.63, 3.8) is 0 Å². The molecule has 210 valence electrons. The molecular formula is C30H28ClN5O5. The molecule has 2 fully saturated rings. The first-order valence-corrected chi connectivity index (χ1v) is 13.5. The van der Waals surface area contributed by atoms with Gasteiger partial charge in [0.25, 0.3) is 5.69 Å². The minimum atomic E-state index is -0.843. The van der Waals surface area contributed by atoms with E-state index in [4.69, 9.17) is 16.4 Å². The molecule has 3 aromatic rings. The second-order valence-electron chi connectivity index (χ2n) is 11.1. The van der Waals surface area contributed by atoms with Gasteiger partial charge in [0.05, 0.1) is 33.0 Å². The van der Waals surface area contributed by atoms with Crippen LogP contribution in [0.5, 0.6) is 0 Å². The van der Waals surface area contributed by atoms with Crippen LogP contribution in [0.15, 0.2) is 88.2 Å². The van der Waals surface area contributed by atoms with Crippen molar-refractivity contribution in [3.8, 4) is 0 Å². The van der Waals surface area contributed by atoms with E-state index in [1.54, 1.807) is 24.3 Å². The molecule has 0 aromatic heterocycles. The van der Waals surface area contributed by atoms with Crippen LogP contribution in [0.25, 0.3) is 0 Å². The molecule has 1 N–H and O–H groups in total. The molecule has 41 heavy (non-hydrogen) atoms. The molecule has 2 unspecified atom stereocenters. The van der Waals surface area contributed by atoms with E-state index in [0.717, 1.165) is 11.8 Å². The molecule has 2 aliphatic rings. The molecule has 2 aliphatic carbocycles. The lowest BCUT2D eigenvalue weighted by Gasteiger charge is -2.39. The quantitative estimate of drug-likeness (QED) is 0.132. The average Bonchev–Trinajstić information content (AvgIpc) is 3.27. The van der Waals surface area contributed by atoms with Gasteiger partial charge in [-0.05, 0) is 66.8 Å². The zero-order valence-corrected chi connectivity index (χ0v) is 23.5. The molecule has 0 saturated heterocycles. The Hall–Kier alpha value is -4.44. The highest BCUT2D eigenvalue weighted by molar-refractivity contribution is 6.32. The van der Waals surface area contributed by atoms with Gasteiger partial charge in [0, 0.05) is 23.6 Å². The maximum absolute atomic E-state index is 13.8. The van der Waals surface area contributed by atoms with Crippen LogP contribution < -0.4 is 5.32 Å². The number of rotatable bonds is 7. The van der Waals surface area contributed by atoms with Crippen LogP contribution in [0.3, 0.4) is 0 Å². The number of hydrogen-bond acceptors (Lipinski definition) is 8. The molecule has 2 atom stereocenters. The van der Waals surface area contributed by atoms with E-state index < -0.39 is 32.8 Å². The monoisotopic (exact) mass is 573 g/mol. The lowest BCUT2D eigenvalue weighted by molar-refractivity contribution is -0.384. The number of nitrogens with zero attached hydrogens (tertiary/aromatic N) is 4. The summed E-state index contributed by atoms with van der Waals surface area (Å²) in [7, 11) is 0. The molecular weight excluding hydrogens is 546 g/mol. The summed E-state index contributed by atoms with van der Waals surface area (Å²) in [6, 6.07) is 20.2. The van der Waals surface area contributed by atoms with Gasteiger partial charge in [-0.15, -0.1) is 0 Å². The molecule has 0 spiro atoms.